The van der Waals surface area contributed by atoms with Crippen LogP contribution in [0.25, 0.3) is 0 Å². The molecule has 0 saturated carbocycles. The summed E-state index contributed by atoms with van der Waals surface area (Å²) >= 11 is 0. The molecule has 4 heteroatoms. The zero-order valence-corrected chi connectivity index (χ0v) is 8.44. The van der Waals surface area contributed by atoms with Gasteiger partial charge in [-0.3, -0.25) is 0 Å². The van der Waals surface area contributed by atoms with Crippen molar-refractivity contribution in [3.63, 3.8) is 0 Å². The van der Waals surface area contributed by atoms with Gasteiger partial charge in [-0.15, -0.1) is 0 Å². The molecule has 14 heavy (non-hydrogen) atoms. The maximum atomic E-state index is 10.3. The highest BCUT2D eigenvalue weighted by Gasteiger charge is 2.23. The van der Waals surface area contributed by atoms with Crippen LogP contribution in [0.1, 0.15) is 26.2 Å². The lowest BCUT2D eigenvalue weighted by atomic mass is 9.98. The summed E-state index contributed by atoms with van der Waals surface area (Å²) in [5.41, 5.74) is -0.591. The highest BCUT2D eigenvalue weighted by molar-refractivity contribution is 5.79. The van der Waals surface area contributed by atoms with E-state index in [2.05, 4.69) is 0 Å². The topological polar surface area (TPSA) is 60.8 Å². The van der Waals surface area contributed by atoms with Gasteiger partial charge in [0.25, 0.3) is 0 Å². The molecule has 0 spiro atoms. The largest absolute Gasteiger partial charge is 0.478 e. The molecule has 0 radical (unpaired) electrons. The second kappa shape index (κ2) is 4.46. The van der Waals surface area contributed by atoms with E-state index < -0.39 is 11.6 Å². The second-order valence-corrected chi connectivity index (χ2v) is 4.04. The molecular formula is C10H17NO3. The lowest BCUT2D eigenvalue weighted by Crippen LogP contribution is -2.25. The summed E-state index contributed by atoms with van der Waals surface area (Å²) < 4.78 is 0. The highest BCUT2D eigenvalue weighted by Crippen LogP contribution is 2.21. The Kier molecular flexibility index (Phi) is 3.52. The van der Waals surface area contributed by atoms with Gasteiger partial charge in [0, 0.05) is 25.4 Å². The third-order valence-electron chi connectivity index (χ3n) is 2.53. The summed E-state index contributed by atoms with van der Waals surface area (Å²) in [6.07, 6.45) is 5.10. The molecule has 1 heterocycles. The van der Waals surface area contributed by atoms with Gasteiger partial charge in [0.2, 0.25) is 0 Å². The molecule has 1 atom stereocenters. The lowest BCUT2D eigenvalue weighted by Gasteiger charge is -2.21. The van der Waals surface area contributed by atoms with Crippen molar-refractivity contribution < 1.29 is 15.0 Å². The van der Waals surface area contributed by atoms with Crippen LogP contribution in [-0.4, -0.2) is 39.8 Å². The van der Waals surface area contributed by atoms with E-state index in [0.717, 1.165) is 32.0 Å². The van der Waals surface area contributed by atoms with E-state index in [4.69, 9.17) is 5.11 Å². The quantitative estimate of drug-likeness (QED) is 0.646. The highest BCUT2D eigenvalue weighted by atomic mass is 16.4. The number of aliphatic hydroxyl groups is 1. The van der Waals surface area contributed by atoms with Gasteiger partial charge in [-0.2, -0.15) is 0 Å². The van der Waals surface area contributed by atoms with E-state index in [-0.39, 0.29) is 0 Å². The third kappa shape index (κ3) is 3.79. The minimum Gasteiger partial charge on any atom is -0.478 e. The Morgan fingerprint density at radius 2 is 2.14 bits per heavy atom. The van der Waals surface area contributed by atoms with Crippen LogP contribution in [0.5, 0.6) is 0 Å². The zero-order valence-electron chi connectivity index (χ0n) is 8.44. The summed E-state index contributed by atoms with van der Waals surface area (Å²) in [5.74, 6) is -0.930. The molecule has 1 fully saturated rings. The third-order valence-corrected chi connectivity index (χ3v) is 2.53. The number of carboxylic acids is 1. The summed E-state index contributed by atoms with van der Waals surface area (Å²) in [4.78, 5) is 12.2. The van der Waals surface area contributed by atoms with Crippen molar-refractivity contribution in [1.82, 2.24) is 4.90 Å². The first-order chi connectivity index (χ1) is 6.49. The van der Waals surface area contributed by atoms with Crippen molar-refractivity contribution in [3.8, 4) is 0 Å². The van der Waals surface area contributed by atoms with Gasteiger partial charge < -0.3 is 15.1 Å². The SMILES string of the molecule is CC1(O)CCCN(/C=C/C(=O)O)CC1. The fourth-order valence-electron chi connectivity index (χ4n) is 1.60. The average molecular weight is 199 g/mol. The van der Waals surface area contributed by atoms with Gasteiger partial charge in [-0.25, -0.2) is 4.79 Å². The van der Waals surface area contributed by atoms with E-state index in [1.165, 1.54) is 0 Å². The number of hydrogen-bond acceptors (Lipinski definition) is 3. The zero-order chi connectivity index (χ0) is 10.6. The van der Waals surface area contributed by atoms with E-state index in [0.29, 0.717) is 6.42 Å². The number of aliphatic carboxylic acids is 1. The number of rotatable bonds is 2. The Morgan fingerprint density at radius 3 is 2.79 bits per heavy atom. The van der Waals surface area contributed by atoms with Gasteiger partial charge in [0.15, 0.2) is 0 Å². The molecule has 0 aromatic heterocycles. The van der Waals surface area contributed by atoms with Crippen molar-refractivity contribution in [2.45, 2.75) is 31.8 Å². The Balaban J connectivity index is 2.46. The van der Waals surface area contributed by atoms with Crippen LogP contribution >= 0.6 is 0 Å². The molecule has 2 N–H and O–H groups in total. The smallest absolute Gasteiger partial charge is 0.329 e. The number of nitrogens with zero attached hydrogens (tertiary/aromatic N) is 1. The van der Waals surface area contributed by atoms with Gasteiger partial charge in [0.1, 0.15) is 0 Å². The van der Waals surface area contributed by atoms with Crippen molar-refractivity contribution >= 4 is 5.97 Å². The monoisotopic (exact) mass is 199 g/mol. The van der Waals surface area contributed by atoms with Gasteiger partial charge in [-0.1, -0.05) is 0 Å². The van der Waals surface area contributed by atoms with Crippen LogP contribution < -0.4 is 0 Å². The standard InChI is InChI=1S/C10H17NO3/c1-10(14)4-2-6-11(8-5-10)7-3-9(12)13/h3,7,14H,2,4-6,8H2,1H3,(H,12,13)/b7-3+. The average Bonchev–Trinajstić information content (AvgIpc) is 2.23. The summed E-state index contributed by atoms with van der Waals surface area (Å²) in [5, 5.41) is 18.2. The van der Waals surface area contributed by atoms with Crippen LogP contribution in [0.2, 0.25) is 0 Å². The van der Waals surface area contributed by atoms with E-state index in [1.54, 1.807) is 6.20 Å². The van der Waals surface area contributed by atoms with Gasteiger partial charge in [-0.05, 0) is 26.2 Å². The van der Waals surface area contributed by atoms with Crippen molar-refractivity contribution in [1.29, 1.82) is 0 Å². The summed E-state index contributed by atoms with van der Waals surface area (Å²) in [7, 11) is 0. The minimum atomic E-state index is -0.930. The Hall–Kier alpha value is -1.03. The lowest BCUT2D eigenvalue weighted by molar-refractivity contribution is -0.131. The van der Waals surface area contributed by atoms with Crippen LogP contribution in [-0.2, 0) is 4.79 Å². The summed E-state index contributed by atoms with van der Waals surface area (Å²) in [6, 6.07) is 0. The van der Waals surface area contributed by atoms with E-state index in [9.17, 15) is 9.90 Å². The Bertz CT molecular complexity index is 236. The van der Waals surface area contributed by atoms with Crippen LogP contribution in [0.3, 0.4) is 0 Å². The van der Waals surface area contributed by atoms with Gasteiger partial charge >= 0.3 is 5.97 Å². The predicted molar refractivity (Wildman–Crippen MR) is 52.8 cm³/mol. The molecule has 1 rings (SSSR count). The normalized spacial score (nSPS) is 29.1. The molecule has 0 aliphatic carbocycles. The van der Waals surface area contributed by atoms with Crippen molar-refractivity contribution in [2.24, 2.45) is 0 Å². The van der Waals surface area contributed by atoms with Crippen LogP contribution in [0.15, 0.2) is 12.3 Å². The minimum absolute atomic E-state index is 0.591. The molecule has 1 saturated heterocycles. The Morgan fingerprint density at radius 1 is 1.43 bits per heavy atom. The molecular weight excluding hydrogens is 182 g/mol. The first-order valence-electron chi connectivity index (χ1n) is 4.87. The maximum absolute atomic E-state index is 10.3. The second-order valence-electron chi connectivity index (χ2n) is 4.04. The maximum Gasteiger partial charge on any atom is 0.329 e. The molecule has 1 unspecified atom stereocenters. The number of hydrogen-bond donors (Lipinski definition) is 2. The van der Waals surface area contributed by atoms with E-state index >= 15 is 0 Å². The van der Waals surface area contributed by atoms with Crippen LogP contribution in [0, 0.1) is 0 Å². The molecule has 4 nitrogen and oxygen atoms in total. The molecule has 1 aliphatic rings. The molecule has 0 amide bonds. The van der Waals surface area contributed by atoms with Crippen LogP contribution in [0.4, 0.5) is 0 Å². The first kappa shape index (κ1) is 11.0. The fourth-order valence-corrected chi connectivity index (χ4v) is 1.60. The summed E-state index contributed by atoms with van der Waals surface area (Å²) in [6.45, 7) is 3.37. The number of carbonyl (C=O) groups is 1. The van der Waals surface area contributed by atoms with Gasteiger partial charge in [0.05, 0.1) is 5.60 Å². The van der Waals surface area contributed by atoms with Crippen molar-refractivity contribution in [2.75, 3.05) is 13.1 Å². The molecule has 0 bridgehead atoms. The molecule has 80 valence electrons. The Labute approximate surface area is 83.8 Å². The van der Waals surface area contributed by atoms with Crippen molar-refractivity contribution in [3.05, 3.63) is 12.3 Å². The number of likely N-dealkylation sites (tertiary alicyclic amines) is 1. The number of carboxylic acid groups (broad SMARTS) is 1. The predicted octanol–water partition coefficient (Wildman–Crippen LogP) is 0.822. The first-order valence-corrected chi connectivity index (χ1v) is 4.87. The molecule has 0 aromatic carbocycles. The molecule has 1 aliphatic heterocycles. The van der Waals surface area contributed by atoms with E-state index in [1.807, 2.05) is 11.8 Å². The molecule has 0 aromatic rings. The fraction of sp³-hybridized carbons (Fsp3) is 0.700.